The van der Waals surface area contributed by atoms with Crippen molar-refractivity contribution >= 4 is 10.0 Å². The molecule has 0 aliphatic carbocycles. The molecule has 2 aromatic heterocycles. The van der Waals surface area contributed by atoms with E-state index in [0.717, 1.165) is 12.8 Å². The smallest absolute Gasteiger partial charge is 0.227 e. The SMILES string of the molecule is O=S(=O)(Cc1cccc(F)c1)N1CCCC(Cc2nc(-c3cnccn3)no2)C1. The highest BCUT2D eigenvalue weighted by atomic mass is 32.2. The van der Waals surface area contributed by atoms with E-state index in [-0.39, 0.29) is 11.7 Å². The summed E-state index contributed by atoms with van der Waals surface area (Å²) in [6.45, 7) is 0.837. The summed E-state index contributed by atoms with van der Waals surface area (Å²) in [4.78, 5) is 12.5. The van der Waals surface area contributed by atoms with Crippen LogP contribution in [-0.2, 0) is 22.2 Å². The van der Waals surface area contributed by atoms with E-state index < -0.39 is 15.8 Å². The second-order valence-corrected chi connectivity index (χ2v) is 9.03. The molecule has 1 saturated heterocycles. The number of sulfonamides is 1. The van der Waals surface area contributed by atoms with Crippen LogP contribution >= 0.6 is 0 Å². The van der Waals surface area contributed by atoms with Gasteiger partial charge in [-0.05, 0) is 36.5 Å². The van der Waals surface area contributed by atoms with Crippen LogP contribution < -0.4 is 0 Å². The fraction of sp³-hybridized carbons (Fsp3) is 0.368. The average molecular weight is 417 g/mol. The Balaban J connectivity index is 1.41. The summed E-state index contributed by atoms with van der Waals surface area (Å²) >= 11 is 0. The number of aromatic nitrogens is 4. The Kier molecular flexibility index (Phi) is 5.63. The summed E-state index contributed by atoms with van der Waals surface area (Å²) in [5.41, 5.74) is 0.961. The van der Waals surface area contributed by atoms with Gasteiger partial charge in [-0.25, -0.2) is 22.1 Å². The predicted molar refractivity (Wildman–Crippen MR) is 102 cm³/mol. The van der Waals surface area contributed by atoms with Crippen molar-refractivity contribution in [1.82, 2.24) is 24.4 Å². The number of hydrogen-bond acceptors (Lipinski definition) is 7. The first-order valence-electron chi connectivity index (χ1n) is 9.31. The van der Waals surface area contributed by atoms with Crippen LogP contribution in [0, 0.1) is 11.7 Å². The van der Waals surface area contributed by atoms with Gasteiger partial charge in [0.25, 0.3) is 0 Å². The highest BCUT2D eigenvalue weighted by Crippen LogP contribution is 2.24. The maximum Gasteiger partial charge on any atom is 0.227 e. The van der Waals surface area contributed by atoms with E-state index in [4.69, 9.17) is 4.52 Å². The monoisotopic (exact) mass is 417 g/mol. The van der Waals surface area contributed by atoms with Crippen molar-refractivity contribution in [3.63, 3.8) is 0 Å². The van der Waals surface area contributed by atoms with Crippen molar-refractivity contribution in [1.29, 1.82) is 0 Å². The Labute approximate surface area is 167 Å². The van der Waals surface area contributed by atoms with E-state index in [1.807, 2.05) is 0 Å². The summed E-state index contributed by atoms with van der Waals surface area (Å²) in [6, 6.07) is 5.69. The van der Waals surface area contributed by atoms with Crippen molar-refractivity contribution in [3.05, 3.63) is 60.1 Å². The Bertz CT molecular complexity index is 1070. The summed E-state index contributed by atoms with van der Waals surface area (Å²) in [5, 5.41) is 3.93. The largest absolute Gasteiger partial charge is 0.339 e. The molecule has 1 atom stereocenters. The molecule has 8 nitrogen and oxygen atoms in total. The normalized spacial score (nSPS) is 18.0. The zero-order valence-electron chi connectivity index (χ0n) is 15.6. The molecule has 3 aromatic rings. The fourth-order valence-corrected chi connectivity index (χ4v) is 5.11. The second kappa shape index (κ2) is 8.34. The van der Waals surface area contributed by atoms with Gasteiger partial charge in [0.15, 0.2) is 0 Å². The van der Waals surface area contributed by atoms with Gasteiger partial charge in [-0.1, -0.05) is 17.3 Å². The number of nitrogens with zero attached hydrogens (tertiary/aromatic N) is 5. The van der Waals surface area contributed by atoms with Crippen LogP contribution in [0.4, 0.5) is 4.39 Å². The Morgan fingerprint density at radius 3 is 2.97 bits per heavy atom. The summed E-state index contributed by atoms with van der Waals surface area (Å²) < 4.78 is 45.7. The minimum atomic E-state index is -3.53. The van der Waals surface area contributed by atoms with E-state index in [2.05, 4.69) is 20.1 Å². The molecule has 1 unspecified atom stereocenters. The van der Waals surface area contributed by atoms with E-state index in [1.165, 1.54) is 22.5 Å². The van der Waals surface area contributed by atoms with Gasteiger partial charge in [-0.2, -0.15) is 4.98 Å². The first-order valence-corrected chi connectivity index (χ1v) is 10.9. The molecule has 3 heterocycles. The standard InChI is InChI=1S/C19H20FN5O3S/c20-16-5-1-3-15(9-16)13-29(26,27)25-8-2-4-14(12-25)10-18-23-19(24-28-18)17-11-21-6-7-22-17/h1,3,5-7,9,11,14H,2,4,8,10,12-13H2. The third-order valence-electron chi connectivity index (χ3n) is 4.84. The van der Waals surface area contributed by atoms with Crippen LogP contribution in [0.1, 0.15) is 24.3 Å². The van der Waals surface area contributed by atoms with Crippen molar-refractivity contribution in [2.75, 3.05) is 13.1 Å². The number of benzene rings is 1. The van der Waals surface area contributed by atoms with E-state index in [1.54, 1.807) is 24.7 Å². The Hall–Kier alpha value is -2.72. The molecular formula is C19H20FN5O3S. The van der Waals surface area contributed by atoms with E-state index in [0.29, 0.717) is 42.5 Å². The fourth-order valence-electron chi connectivity index (χ4n) is 3.48. The van der Waals surface area contributed by atoms with Gasteiger partial charge in [0.2, 0.25) is 21.7 Å². The third-order valence-corrected chi connectivity index (χ3v) is 6.65. The molecule has 0 amide bonds. The molecule has 0 radical (unpaired) electrons. The summed E-state index contributed by atoms with van der Waals surface area (Å²) in [6.07, 6.45) is 6.77. The van der Waals surface area contributed by atoms with E-state index in [9.17, 15) is 12.8 Å². The zero-order valence-corrected chi connectivity index (χ0v) is 16.4. The predicted octanol–water partition coefficient (Wildman–Crippen LogP) is 2.45. The molecule has 1 aliphatic heterocycles. The third kappa shape index (κ3) is 4.83. The molecule has 10 heteroatoms. The molecule has 1 aliphatic rings. The first kappa shape index (κ1) is 19.6. The minimum absolute atomic E-state index is 0.0705. The molecule has 152 valence electrons. The van der Waals surface area contributed by atoms with Crippen LogP contribution in [-0.4, -0.2) is 45.9 Å². The van der Waals surface area contributed by atoms with Crippen LogP contribution in [0.2, 0.25) is 0 Å². The highest BCUT2D eigenvalue weighted by molar-refractivity contribution is 7.88. The quantitative estimate of drug-likeness (QED) is 0.607. The molecule has 0 N–H and O–H groups in total. The number of rotatable bonds is 6. The molecule has 29 heavy (non-hydrogen) atoms. The van der Waals surface area contributed by atoms with Gasteiger partial charge >= 0.3 is 0 Å². The number of hydrogen-bond donors (Lipinski definition) is 0. The second-order valence-electron chi connectivity index (χ2n) is 7.06. The van der Waals surface area contributed by atoms with Crippen molar-refractivity contribution < 1.29 is 17.3 Å². The maximum atomic E-state index is 13.4. The first-order chi connectivity index (χ1) is 14.0. The van der Waals surface area contributed by atoms with Gasteiger partial charge < -0.3 is 4.52 Å². The lowest BCUT2D eigenvalue weighted by molar-refractivity contribution is 0.247. The van der Waals surface area contributed by atoms with Gasteiger partial charge in [0, 0.05) is 31.9 Å². The average Bonchev–Trinajstić information content (AvgIpc) is 3.17. The Morgan fingerprint density at radius 2 is 2.17 bits per heavy atom. The molecule has 1 fully saturated rings. The van der Waals surface area contributed by atoms with Gasteiger partial charge in [0.05, 0.1) is 11.9 Å². The van der Waals surface area contributed by atoms with Crippen molar-refractivity contribution in [2.45, 2.75) is 25.0 Å². The Morgan fingerprint density at radius 1 is 1.28 bits per heavy atom. The highest BCUT2D eigenvalue weighted by Gasteiger charge is 2.30. The van der Waals surface area contributed by atoms with Crippen molar-refractivity contribution in [2.24, 2.45) is 5.92 Å². The lowest BCUT2D eigenvalue weighted by Gasteiger charge is -2.31. The molecule has 0 spiro atoms. The number of halogens is 1. The molecular weight excluding hydrogens is 397 g/mol. The van der Waals surface area contributed by atoms with Crippen LogP contribution in [0.5, 0.6) is 0 Å². The molecule has 4 rings (SSSR count). The topological polar surface area (TPSA) is 102 Å². The molecule has 1 aromatic carbocycles. The lowest BCUT2D eigenvalue weighted by atomic mass is 9.96. The minimum Gasteiger partial charge on any atom is -0.339 e. The molecule has 0 saturated carbocycles. The number of piperidine rings is 1. The van der Waals surface area contributed by atoms with E-state index >= 15 is 0 Å². The van der Waals surface area contributed by atoms with Gasteiger partial charge in [-0.3, -0.25) is 4.98 Å². The van der Waals surface area contributed by atoms with Crippen LogP contribution in [0.15, 0.2) is 47.4 Å². The summed E-state index contributed by atoms with van der Waals surface area (Å²) in [7, 11) is -3.53. The summed E-state index contributed by atoms with van der Waals surface area (Å²) in [5.74, 6) is 0.222. The van der Waals surface area contributed by atoms with Crippen LogP contribution in [0.3, 0.4) is 0 Å². The van der Waals surface area contributed by atoms with Gasteiger partial charge in [-0.15, -0.1) is 0 Å². The van der Waals surface area contributed by atoms with Gasteiger partial charge in [0.1, 0.15) is 11.5 Å². The van der Waals surface area contributed by atoms with Crippen molar-refractivity contribution in [3.8, 4) is 11.5 Å². The van der Waals surface area contributed by atoms with Crippen LogP contribution in [0.25, 0.3) is 11.5 Å². The lowest BCUT2D eigenvalue weighted by Crippen LogP contribution is -2.41. The maximum absolute atomic E-state index is 13.4. The zero-order chi connectivity index (χ0) is 20.3. The molecule has 0 bridgehead atoms.